The van der Waals surface area contributed by atoms with Crippen LogP contribution in [-0.4, -0.2) is 11.6 Å². The van der Waals surface area contributed by atoms with Crippen LogP contribution in [0.2, 0.25) is 0 Å². The number of carbonyl (C=O) groups is 2. The van der Waals surface area contributed by atoms with E-state index in [-0.39, 0.29) is 11.6 Å². The van der Waals surface area contributed by atoms with Gasteiger partial charge in [-0.25, -0.2) is 0 Å². The Morgan fingerprint density at radius 3 is 2.11 bits per heavy atom. The molecular formula is C17H14O2. The summed E-state index contributed by atoms with van der Waals surface area (Å²) in [5, 5.41) is 0. The second-order valence-electron chi connectivity index (χ2n) is 5.02. The van der Waals surface area contributed by atoms with E-state index >= 15 is 0 Å². The molecule has 2 nitrogen and oxygen atoms in total. The van der Waals surface area contributed by atoms with E-state index in [1.165, 1.54) is 0 Å². The van der Waals surface area contributed by atoms with Crippen LogP contribution in [0.25, 0.3) is 0 Å². The molecule has 0 amide bonds. The number of carbonyl (C=O) groups excluding carboxylic acids is 2. The van der Waals surface area contributed by atoms with Crippen LogP contribution in [0.1, 0.15) is 31.8 Å². The molecule has 1 aliphatic carbocycles. The van der Waals surface area contributed by atoms with Crippen molar-refractivity contribution in [2.45, 2.75) is 13.3 Å². The molecule has 0 saturated heterocycles. The van der Waals surface area contributed by atoms with Gasteiger partial charge in [0.25, 0.3) is 0 Å². The van der Waals surface area contributed by atoms with Gasteiger partial charge in [0.15, 0.2) is 11.6 Å². The number of aryl methyl sites for hydroxylation is 1. The number of ketones is 2. The molecule has 2 aromatic rings. The molecule has 0 aromatic heterocycles. The highest BCUT2D eigenvalue weighted by Gasteiger charge is 2.37. The molecule has 0 unspecified atom stereocenters. The fourth-order valence-corrected chi connectivity index (χ4v) is 2.67. The van der Waals surface area contributed by atoms with Crippen molar-refractivity contribution in [3.63, 3.8) is 0 Å². The first-order valence-electron chi connectivity index (χ1n) is 6.40. The standard InChI is InChI=1S/C17H14O2/c1-11-5-4-6-12(9-11)10-15-16(18)13-7-2-3-8-14(13)17(15)19/h2-9,15H,10H2,1H3. The van der Waals surface area contributed by atoms with Crippen LogP contribution < -0.4 is 0 Å². The maximum absolute atomic E-state index is 12.3. The van der Waals surface area contributed by atoms with Gasteiger partial charge in [0.2, 0.25) is 0 Å². The van der Waals surface area contributed by atoms with E-state index < -0.39 is 5.92 Å². The van der Waals surface area contributed by atoms with Gasteiger partial charge in [0.05, 0.1) is 5.92 Å². The fraction of sp³-hybridized carbons (Fsp3) is 0.176. The van der Waals surface area contributed by atoms with Crippen molar-refractivity contribution in [1.82, 2.24) is 0 Å². The normalized spacial score (nSPS) is 14.8. The zero-order chi connectivity index (χ0) is 13.4. The minimum absolute atomic E-state index is 0.0397. The van der Waals surface area contributed by atoms with Gasteiger partial charge in [-0.1, -0.05) is 54.1 Å². The Morgan fingerprint density at radius 1 is 0.895 bits per heavy atom. The lowest BCUT2D eigenvalue weighted by molar-refractivity contribution is 0.0838. The summed E-state index contributed by atoms with van der Waals surface area (Å²) in [5.74, 6) is -0.622. The molecule has 1 aliphatic rings. The van der Waals surface area contributed by atoms with Gasteiger partial charge >= 0.3 is 0 Å². The first kappa shape index (κ1) is 11.8. The maximum Gasteiger partial charge on any atom is 0.174 e. The lowest BCUT2D eigenvalue weighted by Crippen LogP contribution is -2.17. The Bertz CT molecular complexity index is 635. The van der Waals surface area contributed by atoms with Crippen LogP contribution in [-0.2, 0) is 6.42 Å². The molecule has 19 heavy (non-hydrogen) atoms. The number of Topliss-reactive ketones (excluding diaryl/α,β-unsaturated/α-hetero) is 2. The van der Waals surface area contributed by atoms with E-state index in [1.54, 1.807) is 24.3 Å². The van der Waals surface area contributed by atoms with Crippen molar-refractivity contribution in [3.05, 3.63) is 70.8 Å². The Hall–Kier alpha value is -2.22. The van der Waals surface area contributed by atoms with Gasteiger partial charge in [-0.15, -0.1) is 0 Å². The monoisotopic (exact) mass is 250 g/mol. The molecule has 0 atom stereocenters. The number of rotatable bonds is 2. The molecule has 0 radical (unpaired) electrons. The molecule has 0 N–H and O–H groups in total. The third kappa shape index (κ3) is 1.99. The van der Waals surface area contributed by atoms with Gasteiger partial charge in [0.1, 0.15) is 0 Å². The molecule has 0 bridgehead atoms. The topological polar surface area (TPSA) is 34.1 Å². The Balaban J connectivity index is 1.92. The van der Waals surface area contributed by atoms with Crippen molar-refractivity contribution in [1.29, 1.82) is 0 Å². The number of benzene rings is 2. The van der Waals surface area contributed by atoms with E-state index in [4.69, 9.17) is 0 Å². The SMILES string of the molecule is Cc1cccc(CC2C(=O)c3ccccc3C2=O)c1. The minimum atomic E-state index is -0.542. The fourth-order valence-electron chi connectivity index (χ4n) is 2.67. The first-order chi connectivity index (χ1) is 9.16. The number of fused-ring (bicyclic) bond motifs is 1. The molecule has 0 saturated carbocycles. The van der Waals surface area contributed by atoms with Crippen LogP contribution in [0.5, 0.6) is 0 Å². The van der Waals surface area contributed by atoms with Crippen molar-refractivity contribution in [2.75, 3.05) is 0 Å². The van der Waals surface area contributed by atoms with E-state index in [0.29, 0.717) is 17.5 Å². The molecule has 0 heterocycles. The van der Waals surface area contributed by atoms with Gasteiger partial charge in [-0.2, -0.15) is 0 Å². The third-order valence-corrected chi connectivity index (χ3v) is 3.61. The summed E-state index contributed by atoms with van der Waals surface area (Å²) >= 11 is 0. The second-order valence-corrected chi connectivity index (χ2v) is 5.02. The largest absolute Gasteiger partial charge is 0.293 e. The predicted molar refractivity (Wildman–Crippen MR) is 73.5 cm³/mol. The van der Waals surface area contributed by atoms with Crippen LogP contribution in [0, 0.1) is 12.8 Å². The molecule has 0 fully saturated rings. The Morgan fingerprint density at radius 2 is 1.53 bits per heavy atom. The van der Waals surface area contributed by atoms with E-state index in [2.05, 4.69) is 0 Å². The van der Waals surface area contributed by atoms with Crippen LogP contribution in [0.4, 0.5) is 0 Å². The van der Waals surface area contributed by atoms with Crippen molar-refractivity contribution >= 4 is 11.6 Å². The highest BCUT2D eigenvalue weighted by Crippen LogP contribution is 2.29. The Kier molecular flexibility index (Phi) is 2.79. The van der Waals surface area contributed by atoms with Crippen LogP contribution >= 0.6 is 0 Å². The summed E-state index contributed by atoms with van der Waals surface area (Å²) in [7, 11) is 0. The van der Waals surface area contributed by atoms with E-state index in [9.17, 15) is 9.59 Å². The summed E-state index contributed by atoms with van der Waals surface area (Å²) in [5.41, 5.74) is 3.34. The van der Waals surface area contributed by atoms with Gasteiger partial charge in [0, 0.05) is 11.1 Å². The average molecular weight is 250 g/mol. The van der Waals surface area contributed by atoms with Crippen LogP contribution in [0.3, 0.4) is 0 Å². The molecule has 94 valence electrons. The summed E-state index contributed by atoms with van der Waals surface area (Å²) in [6.45, 7) is 2.01. The predicted octanol–water partition coefficient (Wildman–Crippen LogP) is 3.23. The second kappa shape index (κ2) is 4.47. The maximum atomic E-state index is 12.3. The summed E-state index contributed by atoms with van der Waals surface area (Å²) in [4.78, 5) is 24.6. The van der Waals surface area contributed by atoms with E-state index in [0.717, 1.165) is 11.1 Å². The summed E-state index contributed by atoms with van der Waals surface area (Å²) in [6.07, 6.45) is 0.494. The Labute approximate surface area is 112 Å². The van der Waals surface area contributed by atoms with Crippen LogP contribution in [0.15, 0.2) is 48.5 Å². The average Bonchev–Trinajstić information content (AvgIpc) is 2.65. The van der Waals surface area contributed by atoms with Crippen molar-refractivity contribution < 1.29 is 9.59 Å². The van der Waals surface area contributed by atoms with Gasteiger partial charge in [-0.05, 0) is 18.9 Å². The van der Waals surface area contributed by atoms with E-state index in [1.807, 2.05) is 31.2 Å². The molecule has 0 spiro atoms. The van der Waals surface area contributed by atoms with Crippen molar-refractivity contribution in [3.8, 4) is 0 Å². The zero-order valence-electron chi connectivity index (χ0n) is 10.7. The van der Waals surface area contributed by atoms with Crippen molar-refractivity contribution in [2.24, 2.45) is 5.92 Å². The van der Waals surface area contributed by atoms with Gasteiger partial charge < -0.3 is 0 Å². The summed E-state index contributed by atoms with van der Waals surface area (Å²) in [6, 6.07) is 15.1. The highest BCUT2D eigenvalue weighted by molar-refractivity contribution is 6.26. The third-order valence-electron chi connectivity index (χ3n) is 3.61. The lowest BCUT2D eigenvalue weighted by atomic mass is 9.94. The summed E-state index contributed by atoms with van der Waals surface area (Å²) < 4.78 is 0. The molecular weight excluding hydrogens is 236 g/mol. The highest BCUT2D eigenvalue weighted by atomic mass is 16.2. The smallest absolute Gasteiger partial charge is 0.174 e. The lowest BCUT2D eigenvalue weighted by Gasteiger charge is -2.07. The minimum Gasteiger partial charge on any atom is -0.293 e. The zero-order valence-corrected chi connectivity index (χ0v) is 10.7. The quantitative estimate of drug-likeness (QED) is 0.767. The van der Waals surface area contributed by atoms with Gasteiger partial charge in [-0.3, -0.25) is 9.59 Å². The first-order valence-corrected chi connectivity index (χ1v) is 6.40. The molecule has 2 aromatic carbocycles. The number of hydrogen-bond acceptors (Lipinski definition) is 2. The molecule has 3 rings (SSSR count). The molecule has 2 heteroatoms. The molecule has 0 aliphatic heterocycles. The number of hydrogen-bond donors (Lipinski definition) is 0.